The number of carbonyl (C=O) groups is 1. The number of piperidine rings is 2. The molecule has 2 fully saturated rings. The molecular weight excluding hydrogens is 418 g/mol. The molecule has 2 saturated heterocycles. The van der Waals surface area contributed by atoms with Crippen molar-refractivity contribution < 1.29 is 13.2 Å². The number of hydrogen-bond donors (Lipinski definition) is 1. The normalized spacial score (nSPS) is 21.6. The van der Waals surface area contributed by atoms with Gasteiger partial charge in [-0.1, -0.05) is 6.92 Å². The van der Waals surface area contributed by atoms with Crippen molar-refractivity contribution in [2.45, 2.75) is 58.4 Å². The quantitative estimate of drug-likeness (QED) is 0.763. The molecule has 0 bridgehead atoms. The van der Waals surface area contributed by atoms with Gasteiger partial charge >= 0.3 is 0 Å². The van der Waals surface area contributed by atoms with E-state index in [-0.39, 0.29) is 23.4 Å². The van der Waals surface area contributed by atoms with E-state index in [4.69, 9.17) is 0 Å². The highest BCUT2D eigenvalue weighted by Crippen LogP contribution is 2.33. The fourth-order valence-electron chi connectivity index (χ4n) is 4.95. The number of rotatable bonds is 4. The minimum absolute atomic E-state index is 0.0851. The van der Waals surface area contributed by atoms with Crippen LogP contribution in [-0.2, 0) is 21.2 Å². The van der Waals surface area contributed by atoms with Gasteiger partial charge in [0.25, 0.3) is 5.56 Å². The molecule has 0 aliphatic carbocycles. The zero-order chi connectivity index (χ0) is 22.3. The lowest BCUT2D eigenvalue weighted by molar-refractivity contribution is -0.140. The average molecular weight is 450 g/mol. The van der Waals surface area contributed by atoms with E-state index in [0.29, 0.717) is 50.1 Å². The maximum absolute atomic E-state index is 13.4. The van der Waals surface area contributed by atoms with Crippen molar-refractivity contribution in [3.05, 3.63) is 33.4 Å². The van der Waals surface area contributed by atoms with Crippen LogP contribution in [0.1, 0.15) is 62.0 Å². The van der Waals surface area contributed by atoms with Gasteiger partial charge in [0.15, 0.2) is 5.65 Å². The van der Waals surface area contributed by atoms with Crippen LogP contribution in [0.25, 0.3) is 5.65 Å². The highest BCUT2D eigenvalue weighted by atomic mass is 32.2. The molecule has 1 atom stereocenters. The van der Waals surface area contributed by atoms with Gasteiger partial charge < -0.3 is 4.90 Å². The Morgan fingerprint density at radius 3 is 2.55 bits per heavy atom. The monoisotopic (exact) mass is 449 g/mol. The van der Waals surface area contributed by atoms with E-state index < -0.39 is 10.0 Å². The lowest BCUT2D eigenvalue weighted by Crippen LogP contribution is -2.46. The molecule has 0 aromatic carbocycles. The molecule has 0 radical (unpaired) electrons. The molecule has 170 valence electrons. The molecule has 4 rings (SSSR count). The van der Waals surface area contributed by atoms with Crippen LogP contribution in [0.15, 0.2) is 10.9 Å². The van der Waals surface area contributed by atoms with E-state index in [9.17, 15) is 18.0 Å². The summed E-state index contributed by atoms with van der Waals surface area (Å²) in [5.74, 6) is -0.0833. The largest absolute Gasteiger partial charge is 0.334 e. The predicted octanol–water partition coefficient (Wildman–Crippen LogP) is 1.62. The summed E-state index contributed by atoms with van der Waals surface area (Å²) in [6.07, 6.45) is 5.71. The maximum Gasteiger partial charge on any atom is 0.276 e. The highest BCUT2D eigenvalue weighted by molar-refractivity contribution is 7.88. The van der Waals surface area contributed by atoms with Gasteiger partial charge in [0.05, 0.1) is 18.0 Å². The number of fused-ring (bicyclic) bond motifs is 1. The lowest BCUT2D eigenvalue weighted by Gasteiger charge is -2.39. The van der Waals surface area contributed by atoms with Crippen LogP contribution in [0, 0.1) is 12.8 Å². The van der Waals surface area contributed by atoms with Crippen LogP contribution in [0.5, 0.6) is 0 Å². The topological polar surface area (TPSA) is 108 Å². The average Bonchev–Trinajstić information content (AvgIpc) is 3.17. The van der Waals surface area contributed by atoms with E-state index in [1.165, 1.54) is 15.1 Å². The van der Waals surface area contributed by atoms with E-state index >= 15 is 0 Å². The first-order valence-corrected chi connectivity index (χ1v) is 12.9. The SMILES string of the molecule is CCc1c(C)nc2cc([C@H]3CCCCN3C(=O)C3CCN(S(C)(=O)=O)CC3)[nH]n2c1=O. The van der Waals surface area contributed by atoms with Crippen LogP contribution < -0.4 is 5.56 Å². The number of hydrogen-bond acceptors (Lipinski definition) is 5. The fraction of sp³-hybridized carbons (Fsp3) is 0.667. The first kappa shape index (κ1) is 22.0. The Morgan fingerprint density at radius 1 is 1.19 bits per heavy atom. The van der Waals surface area contributed by atoms with Crippen molar-refractivity contribution in [2.24, 2.45) is 5.92 Å². The number of H-pyrrole nitrogens is 1. The van der Waals surface area contributed by atoms with Crippen LogP contribution in [-0.4, -0.2) is 64.0 Å². The number of carbonyl (C=O) groups excluding carboxylic acids is 1. The Hall–Kier alpha value is -2.20. The van der Waals surface area contributed by atoms with Gasteiger partial charge in [-0.3, -0.25) is 14.7 Å². The first-order valence-electron chi connectivity index (χ1n) is 11.1. The summed E-state index contributed by atoms with van der Waals surface area (Å²) in [4.78, 5) is 32.7. The second-order valence-corrected chi connectivity index (χ2v) is 10.7. The first-order chi connectivity index (χ1) is 14.7. The van der Waals surface area contributed by atoms with Crippen molar-refractivity contribution >= 4 is 21.6 Å². The van der Waals surface area contributed by atoms with Gasteiger partial charge in [-0.15, -0.1) is 0 Å². The van der Waals surface area contributed by atoms with Crippen molar-refractivity contribution in [3.63, 3.8) is 0 Å². The number of nitrogens with one attached hydrogen (secondary N) is 1. The molecule has 0 saturated carbocycles. The molecule has 10 heteroatoms. The molecule has 2 aromatic heterocycles. The van der Waals surface area contributed by atoms with E-state index in [2.05, 4.69) is 10.1 Å². The van der Waals surface area contributed by atoms with Gasteiger partial charge in [0.2, 0.25) is 15.9 Å². The maximum atomic E-state index is 13.4. The van der Waals surface area contributed by atoms with Crippen LogP contribution in [0.4, 0.5) is 0 Å². The number of sulfonamides is 1. The van der Waals surface area contributed by atoms with Gasteiger partial charge in [0.1, 0.15) is 0 Å². The summed E-state index contributed by atoms with van der Waals surface area (Å²) < 4.78 is 26.5. The minimum atomic E-state index is -3.22. The van der Waals surface area contributed by atoms with Gasteiger partial charge in [-0.05, 0) is 45.4 Å². The summed E-state index contributed by atoms with van der Waals surface area (Å²) >= 11 is 0. The number of aromatic amines is 1. The molecule has 9 nitrogen and oxygen atoms in total. The zero-order valence-corrected chi connectivity index (χ0v) is 19.2. The molecule has 31 heavy (non-hydrogen) atoms. The molecule has 4 heterocycles. The number of aromatic nitrogens is 3. The van der Waals surface area contributed by atoms with Crippen molar-refractivity contribution in [3.8, 4) is 0 Å². The minimum Gasteiger partial charge on any atom is -0.334 e. The zero-order valence-electron chi connectivity index (χ0n) is 18.4. The Balaban J connectivity index is 1.59. The second-order valence-electron chi connectivity index (χ2n) is 8.72. The molecule has 2 aliphatic rings. The van der Waals surface area contributed by atoms with Gasteiger partial charge in [0, 0.05) is 42.9 Å². The Labute approximate surface area is 182 Å². The third-order valence-corrected chi connectivity index (χ3v) is 8.01. The number of nitrogens with zero attached hydrogens (tertiary/aromatic N) is 4. The number of likely N-dealkylation sites (tertiary alicyclic amines) is 1. The number of amides is 1. The highest BCUT2D eigenvalue weighted by Gasteiger charge is 2.36. The summed E-state index contributed by atoms with van der Waals surface area (Å²) in [5, 5.41) is 3.21. The van der Waals surface area contributed by atoms with Gasteiger partial charge in [-0.25, -0.2) is 22.2 Å². The van der Waals surface area contributed by atoms with Gasteiger partial charge in [-0.2, -0.15) is 0 Å². The summed E-state index contributed by atoms with van der Waals surface area (Å²) in [6.45, 7) is 5.24. The predicted molar refractivity (Wildman–Crippen MR) is 117 cm³/mol. The van der Waals surface area contributed by atoms with E-state index in [1.54, 1.807) is 0 Å². The lowest BCUT2D eigenvalue weighted by atomic mass is 9.92. The molecule has 0 spiro atoms. The molecule has 2 aliphatic heterocycles. The summed E-state index contributed by atoms with van der Waals surface area (Å²) in [6, 6.07) is 1.76. The molecule has 2 aromatic rings. The molecular formula is C21H31N5O4S. The fourth-order valence-corrected chi connectivity index (χ4v) is 5.83. The third kappa shape index (κ3) is 4.15. The Morgan fingerprint density at radius 2 is 1.90 bits per heavy atom. The Bertz CT molecular complexity index is 1140. The Kier molecular flexibility index (Phi) is 5.95. The second kappa shape index (κ2) is 8.38. The van der Waals surface area contributed by atoms with Crippen molar-refractivity contribution in [1.29, 1.82) is 0 Å². The standard InChI is InChI=1S/C21H31N5O4S/c1-4-16-14(2)22-19-13-17(23-26(19)21(16)28)18-7-5-6-10-25(18)20(27)15-8-11-24(12-9-15)31(3,29)30/h13,15,18,23H,4-12H2,1-3H3/t18-/m1/s1. The third-order valence-electron chi connectivity index (χ3n) is 6.71. The smallest absolute Gasteiger partial charge is 0.276 e. The molecule has 1 amide bonds. The van der Waals surface area contributed by atoms with Crippen LogP contribution in [0.3, 0.4) is 0 Å². The van der Waals surface area contributed by atoms with Crippen LogP contribution >= 0.6 is 0 Å². The molecule has 1 N–H and O–H groups in total. The van der Waals surface area contributed by atoms with E-state index in [1.807, 2.05) is 24.8 Å². The molecule has 0 unspecified atom stereocenters. The van der Waals surface area contributed by atoms with E-state index in [0.717, 1.165) is 30.7 Å². The van der Waals surface area contributed by atoms with Crippen LogP contribution in [0.2, 0.25) is 0 Å². The van der Waals surface area contributed by atoms with Crippen molar-refractivity contribution in [2.75, 3.05) is 25.9 Å². The van der Waals surface area contributed by atoms with Crippen molar-refractivity contribution in [1.82, 2.24) is 23.8 Å². The number of aryl methyl sites for hydroxylation is 1. The summed E-state index contributed by atoms with van der Waals surface area (Å²) in [7, 11) is -3.22. The summed E-state index contributed by atoms with van der Waals surface area (Å²) in [5.41, 5.74) is 2.76.